The van der Waals surface area contributed by atoms with Gasteiger partial charge in [-0.1, -0.05) is 28.1 Å². The second kappa shape index (κ2) is 9.98. The number of halogens is 2. The van der Waals surface area contributed by atoms with Crippen molar-refractivity contribution in [3.8, 4) is 11.6 Å². The van der Waals surface area contributed by atoms with E-state index in [1.807, 2.05) is 24.3 Å². The summed E-state index contributed by atoms with van der Waals surface area (Å²) in [5, 5.41) is 5.55. The molecular weight excluding hydrogens is 453 g/mol. The van der Waals surface area contributed by atoms with E-state index in [2.05, 4.69) is 31.5 Å². The van der Waals surface area contributed by atoms with Crippen LogP contribution in [-0.2, 0) is 9.59 Å². The van der Waals surface area contributed by atoms with Crippen molar-refractivity contribution in [2.75, 3.05) is 5.32 Å². The van der Waals surface area contributed by atoms with Gasteiger partial charge in [-0.3, -0.25) is 9.59 Å². The molecule has 1 heterocycles. The molecule has 0 radical (unpaired) electrons. The SMILES string of the molecule is CC(=O)NC(CC(=O)Nc1ccc(Oc2ccc(F)cc2)nc1)c1ccc(Br)cc1. The average molecular weight is 472 g/mol. The second-order valence-electron chi connectivity index (χ2n) is 6.50. The van der Waals surface area contributed by atoms with Crippen LogP contribution in [-0.4, -0.2) is 16.8 Å². The normalized spacial score (nSPS) is 11.4. The van der Waals surface area contributed by atoms with Gasteiger partial charge in [0.1, 0.15) is 11.6 Å². The van der Waals surface area contributed by atoms with E-state index in [1.54, 1.807) is 12.1 Å². The molecule has 2 amide bonds. The molecule has 0 spiro atoms. The Hall–Kier alpha value is -3.26. The summed E-state index contributed by atoms with van der Waals surface area (Å²) in [6.07, 6.45) is 1.53. The van der Waals surface area contributed by atoms with Gasteiger partial charge >= 0.3 is 0 Å². The van der Waals surface area contributed by atoms with E-state index in [-0.39, 0.29) is 24.1 Å². The first-order valence-electron chi connectivity index (χ1n) is 9.11. The highest BCUT2D eigenvalue weighted by Gasteiger charge is 2.17. The van der Waals surface area contributed by atoms with E-state index < -0.39 is 6.04 Å². The molecule has 3 aromatic rings. The van der Waals surface area contributed by atoms with Crippen molar-refractivity contribution in [2.24, 2.45) is 0 Å². The summed E-state index contributed by atoms with van der Waals surface area (Å²) >= 11 is 3.37. The van der Waals surface area contributed by atoms with Crippen molar-refractivity contribution in [1.82, 2.24) is 10.3 Å². The van der Waals surface area contributed by atoms with Crippen molar-refractivity contribution in [2.45, 2.75) is 19.4 Å². The Bertz CT molecular complexity index is 1010. The molecular formula is C22H19BrFN3O3. The highest BCUT2D eigenvalue weighted by molar-refractivity contribution is 9.10. The molecule has 8 heteroatoms. The lowest BCUT2D eigenvalue weighted by Gasteiger charge is -2.18. The number of ether oxygens (including phenoxy) is 1. The summed E-state index contributed by atoms with van der Waals surface area (Å²) in [4.78, 5) is 28.2. The number of benzene rings is 2. The van der Waals surface area contributed by atoms with Gasteiger partial charge < -0.3 is 15.4 Å². The Balaban J connectivity index is 1.61. The number of anilines is 1. The number of pyridine rings is 1. The maximum atomic E-state index is 12.9. The lowest BCUT2D eigenvalue weighted by Crippen LogP contribution is -2.29. The highest BCUT2D eigenvalue weighted by atomic mass is 79.9. The van der Waals surface area contributed by atoms with Gasteiger partial charge in [0.2, 0.25) is 17.7 Å². The van der Waals surface area contributed by atoms with Gasteiger partial charge in [-0.25, -0.2) is 9.37 Å². The average Bonchev–Trinajstić information content (AvgIpc) is 2.71. The van der Waals surface area contributed by atoms with E-state index in [1.165, 1.54) is 37.4 Å². The van der Waals surface area contributed by atoms with E-state index in [9.17, 15) is 14.0 Å². The summed E-state index contributed by atoms with van der Waals surface area (Å²) in [7, 11) is 0. The van der Waals surface area contributed by atoms with Crippen molar-refractivity contribution in [1.29, 1.82) is 0 Å². The van der Waals surface area contributed by atoms with E-state index in [0.29, 0.717) is 17.3 Å². The zero-order chi connectivity index (χ0) is 21.5. The fraction of sp³-hybridized carbons (Fsp3) is 0.136. The van der Waals surface area contributed by atoms with Gasteiger partial charge in [0.15, 0.2) is 0 Å². The van der Waals surface area contributed by atoms with Crippen LogP contribution in [0.25, 0.3) is 0 Å². The molecule has 2 aromatic carbocycles. The second-order valence-corrected chi connectivity index (χ2v) is 7.41. The Morgan fingerprint density at radius 3 is 2.37 bits per heavy atom. The quantitative estimate of drug-likeness (QED) is 0.508. The van der Waals surface area contributed by atoms with E-state index >= 15 is 0 Å². The van der Waals surface area contributed by atoms with Crippen molar-refractivity contribution < 1.29 is 18.7 Å². The number of amides is 2. The molecule has 154 valence electrons. The van der Waals surface area contributed by atoms with Crippen molar-refractivity contribution in [3.63, 3.8) is 0 Å². The predicted molar refractivity (Wildman–Crippen MR) is 115 cm³/mol. The Morgan fingerprint density at radius 1 is 1.07 bits per heavy atom. The van der Waals surface area contributed by atoms with Gasteiger partial charge in [-0.2, -0.15) is 0 Å². The van der Waals surface area contributed by atoms with Crippen LogP contribution in [0.4, 0.5) is 10.1 Å². The van der Waals surface area contributed by atoms with Crippen LogP contribution in [0.1, 0.15) is 24.9 Å². The molecule has 3 rings (SSSR count). The highest BCUT2D eigenvalue weighted by Crippen LogP contribution is 2.22. The number of carbonyl (C=O) groups is 2. The first kappa shape index (κ1) is 21.4. The van der Waals surface area contributed by atoms with Crippen molar-refractivity contribution >= 4 is 33.4 Å². The minimum Gasteiger partial charge on any atom is -0.439 e. The Kier molecular flexibility index (Phi) is 7.13. The zero-order valence-electron chi connectivity index (χ0n) is 16.1. The number of hydrogen-bond acceptors (Lipinski definition) is 4. The molecule has 0 fully saturated rings. The molecule has 2 N–H and O–H groups in total. The molecule has 30 heavy (non-hydrogen) atoms. The maximum absolute atomic E-state index is 12.9. The van der Waals surface area contributed by atoms with E-state index in [4.69, 9.17) is 4.74 Å². The third-order valence-electron chi connectivity index (χ3n) is 4.10. The standard InChI is InChI=1S/C22H19BrFN3O3/c1-14(28)26-20(15-2-4-16(23)5-3-15)12-21(29)27-18-8-11-22(25-13-18)30-19-9-6-17(24)7-10-19/h2-11,13,20H,12H2,1H3,(H,26,28)(H,27,29). The number of rotatable bonds is 7. The summed E-state index contributed by atoms with van der Waals surface area (Å²) < 4.78 is 19.4. The summed E-state index contributed by atoms with van der Waals surface area (Å²) in [6, 6.07) is 15.8. The third-order valence-corrected chi connectivity index (χ3v) is 4.62. The number of aromatic nitrogens is 1. The Labute approximate surface area is 181 Å². The number of hydrogen-bond donors (Lipinski definition) is 2. The topological polar surface area (TPSA) is 80.3 Å². The molecule has 0 saturated carbocycles. The minimum absolute atomic E-state index is 0.0645. The largest absolute Gasteiger partial charge is 0.439 e. The predicted octanol–water partition coefficient (Wildman–Crippen LogP) is 4.98. The number of nitrogens with one attached hydrogen (secondary N) is 2. The summed E-state index contributed by atoms with van der Waals surface area (Å²) in [5.74, 6) is -0.0849. The smallest absolute Gasteiger partial charge is 0.226 e. The van der Waals surface area contributed by atoms with Gasteiger partial charge in [0, 0.05) is 17.5 Å². The van der Waals surface area contributed by atoms with Crippen LogP contribution in [0.15, 0.2) is 71.3 Å². The molecule has 0 bridgehead atoms. The van der Waals surface area contributed by atoms with Gasteiger partial charge in [0.25, 0.3) is 0 Å². The molecule has 1 atom stereocenters. The fourth-order valence-corrected chi connectivity index (χ4v) is 2.99. The third kappa shape index (κ3) is 6.38. The fourth-order valence-electron chi connectivity index (χ4n) is 2.73. The molecule has 1 aromatic heterocycles. The minimum atomic E-state index is -0.454. The zero-order valence-corrected chi connectivity index (χ0v) is 17.6. The van der Waals surface area contributed by atoms with Crippen LogP contribution in [0, 0.1) is 5.82 Å². The summed E-state index contributed by atoms with van der Waals surface area (Å²) in [5.41, 5.74) is 1.31. The van der Waals surface area contributed by atoms with Gasteiger partial charge in [0.05, 0.1) is 24.3 Å². The molecule has 0 aliphatic heterocycles. The lowest BCUT2D eigenvalue weighted by atomic mass is 10.0. The molecule has 6 nitrogen and oxygen atoms in total. The van der Waals surface area contributed by atoms with Crippen LogP contribution in [0.5, 0.6) is 11.6 Å². The molecule has 0 aliphatic rings. The van der Waals surface area contributed by atoms with Crippen LogP contribution < -0.4 is 15.4 Å². The van der Waals surface area contributed by atoms with Crippen molar-refractivity contribution in [3.05, 3.63) is 82.7 Å². The first-order chi connectivity index (χ1) is 14.4. The molecule has 0 aliphatic carbocycles. The first-order valence-corrected chi connectivity index (χ1v) is 9.90. The van der Waals surface area contributed by atoms with Crippen LogP contribution >= 0.6 is 15.9 Å². The maximum Gasteiger partial charge on any atom is 0.226 e. The van der Waals surface area contributed by atoms with Gasteiger partial charge in [-0.05, 0) is 48.0 Å². The van der Waals surface area contributed by atoms with Crippen LogP contribution in [0.2, 0.25) is 0 Å². The van der Waals surface area contributed by atoms with E-state index in [0.717, 1.165) is 10.0 Å². The van der Waals surface area contributed by atoms with Gasteiger partial charge in [-0.15, -0.1) is 0 Å². The summed E-state index contributed by atoms with van der Waals surface area (Å²) in [6.45, 7) is 1.41. The Morgan fingerprint density at radius 2 is 1.77 bits per heavy atom. The monoisotopic (exact) mass is 471 g/mol. The van der Waals surface area contributed by atoms with Crippen LogP contribution in [0.3, 0.4) is 0 Å². The molecule has 1 unspecified atom stereocenters. The number of carbonyl (C=O) groups excluding carboxylic acids is 2. The molecule has 0 saturated heterocycles. The lowest BCUT2D eigenvalue weighted by molar-refractivity contribution is -0.120. The number of nitrogens with zero attached hydrogens (tertiary/aromatic N) is 1.